The van der Waals surface area contributed by atoms with Crippen LogP contribution in [0.25, 0.3) is 11.1 Å². The molecule has 20 heavy (non-hydrogen) atoms. The monoisotopic (exact) mass is 272 g/mol. The van der Waals surface area contributed by atoms with Crippen molar-refractivity contribution >= 4 is 5.97 Å². The van der Waals surface area contributed by atoms with Crippen molar-refractivity contribution in [1.82, 2.24) is 0 Å². The summed E-state index contributed by atoms with van der Waals surface area (Å²) in [6, 6.07) is 12.7. The number of carbonyl (C=O) groups excluding carboxylic acids is 1. The van der Waals surface area contributed by atoms with Crippen molar-refractivity contribution in [3.05, 3.63) is 48.0 Å². The number of rotatable bonds is 4. The van der Waals surface area contributed by atoms with Crippen molar-refractivity contribution in [2.24, 2.45) is 0 Å². The van der Waals surface area contributed by atoms with E-state index in [2.05, 4.69) is 0 Å². The number of esters is 1. The summed E-state index contributed by atoms with van der Waals surface area (Å²) < 4.78 is 15.3. The van der Waals surface area contributed by atoms with Crippen molar-refractivity contribution < 1.29 is 19.0 Å². The van der Waals surface area contributed by atoms with Crippen molar-refractivity contribution in [2.75, 3.05) is 21.3 Å². The van der Waals surface area contributed by atoms with Crippen LogP contribution in [0.3, 0.4) is 0 Å². The number of benzene rings is 2. The normalized spacial score (nSPS) is 9.95. The molecule has 0 fully saturated rings. The van der Waals surface area contributed by atoms with E-state index >= 15 is 0 Å². The zero-order valence-electron chi connectivity index (χ0n) is 11.7. The molecule has 0 aromatic heterocycles. The maximum atomic E-state index is 11.6. The van der Waals surface area contributed by atoms with Crippen LogP contribution in [0.1, 0.15) is 10.4 Å². The molecule has 2 rings (SSSR count). The maximum Gasteiger partial charge on any atom is 0.337 e. The molecule has 0 unspecified atom stereocenters. The van der Waals surface area contributed by atoms with Gasteiger partial charge in [-0.05, 0) is 35.9 Å². The molecule has 4 nitrogen and oxygen atoms in total. The zero-order valence-corrected chi connectivity index (χ0v) is 11.7. The van der Waals surface area contributed by atoms with Gasteiger partial charge in [0, 0.05) is 5.56 Å². The van der Waals surface area contributed by atoms with Crippen LogP contribution >= 0.6 is 0 Å². The number of hydrogen-bond acceptors (Lipinski definition) is 4. The Labute approximate surface area is 117 Å². The van der Waals surface area contributed by atoms with Crippen LogP contribution in [0.5, 0.6) is 11.5 Å². The Morgan fingerprint density at radius 3 is 2.40 bits per heavy atom. The quantitative estimate of drug-likeness (QED) is 0.802. The van der Waals surface area contributed by atoms with Gasteiger partial charge >= 0.3 is 5.97 Å². The second kappa shape index (κ2) is 6.10. The molecule has 0 radical (unpaired) electrons. The van der Waals surface area contributed by atoms with Crippen LogP contribution in [-0.2, 0) is 4.74 Å². The average molecular weight is 272 g/mol. The minimum Gasteiger partial charge on any atom is -0.497 e. The van der Waals surface area contributed by atoms with Crippen LogP contribution < -0.4 is 9.47 Å². The van der Waals surface area contributed by atoms with Gasteiger partial charge in [0.15, 0.2) is 0 Å². The first-order chi connectivity index (χ1) is 9.69. The SMILES string of the molecule is COC(=O)c1cccc(-c2cc(OC)ccc2OC)c1. The molecular formula is C16H16O4. The molecule has 0 aliphatic heterocycles. The zero-order chi connectivity index (χ0) is 14.5. The lowest BCUT2D eigenvalue weighted by Crippen LogP contribution is -2.01. The number of methoxy groups -OCH3 is 3. The first kappa shape index (κ1) is 13.9. The maximum absolute atomic E-state index is 11.6. The largest absolute Gasteiger partial charge is 0.497 e. The van der Waals surface area contributed by atoms with Crippen molar-refractivity contribution in [3.63, 3.8) is 0 Å². The molecule has 0 saturated carbocycles. The predicted octanol–water partition coefficient (Wildman–Crippen LogP) is 3.16. The highest BCUT2D eigenvalue weighted by Gasteiger charge is 2.11. The van der Waals surface area contributed by atoms with E-state index in [0.29, 0.717) is 11.3 Å². The molecule has 0 aliphatic carbocycles. The Balaban J connectivity index is 2.52. The van der Waals surface area contributed by atoms with Crippen LogP contribution in [0.2, 0.25) is 0 Å². The number of carbonyl (C=O) groups is 1. The van der Waals surface area contributed by atoms with Crippen LogP contribution in [-0.4, -0.2) is 27.3 Å². The van der Waals surface area contributed by atoms with Crippen molar-refractivity contribution in [3.8, 4) is 22.6 Å². The van der Waals surface area contributed by atoms with Gasteiger partial charge in [0.2, 0.25) is 0 Å². The van der Waals surface area contributed by atoms with Crippen LogP contribution in [0, 0.1) is 0 Å². The van der Waals surface area contributed by atoms with Gasteiger partial charge in [-0.3, -0.25) is 0 Å². The lowest BCUT2D eigenvalue weighted by atomic mass is 10.0. The van der Waals surface area contributed by atoms with Gasteiger partial charge in [-0.15, -0.1) is 0 Å². The number of ether oxygens (including phenoxy) is 3. The fourth-order valence-electron chi connectivity index (χ4n) is 1.97. The lowest BCUT2D eigenvalue weighted by Gasteiger charge is -2.11. The summed E-state index contributed by atoms with van der Waals surface area (Å²) in [6.07, 6.45) is 0. The first-order valence-electron chi connectivity index (χ1n) is 6.10. The third-order valence-electron chi connectivity index (χ3n) is 3.00. The van der Waals surface area contributed by atoms with E-state index < -0.39 is 0 Å². The smallest absolute Gasteiger partial charge is 0.337 e. The van der Waals surface area contributed by atoms with Crippen molar-refractivity contribution in [2.45, 2.75) is 0 Å². The summed E-state index contributed by atoms with van der Waals surface area (Å²) in [4.78, 5) is 11.6. The van der Waals surface area contributed by atoms with E-state index in [1.807, 2.05) is 24.3 Å². The standard InChI is InChI=1S/C16H16O4/c1-18-13-7-8-15(19-2)14(10-13)11-5-4-6-12(9-11)16(17)20-3/h4-10H,1-3H3. The van der Waals surface area contributed by atoms with E-state index in [1.165, 1.54) is 7.11 Å². The Bertz CT molecular complexity index is 620. The number of hydrogen-bond donors (Lipinski definition) is 0. The highest BCUT2D eigenvalue weighted by atomic mass is 16.5. The molecule has 0 bridgehead atoms. The molecule has 104 valence electrons. The summed E-state index contributed by atoms with van der Waals surface area (Å²) in [5.74, 6) is 1.07. The van der Waals surface area contributed by atoms with Gasteiger partial charge in [0.1, 0.15) is 11.5 Å². The molecule has 0 aliphatic rings. The predicted molar refractivity (Wildman–Crippen MR) is 76.3 cm³/mol. The van der Waals surface area contributed by atoms with E-state index in [9.17, 15) is 4.79 Å². The molecule has 0 amide bonds. The van der Waals surface area contributed by atoms with E-state index in [-0.39, 0.29) is 5.97 Å². The molecule has 0 saturated heterocycles. The summed E-state index contributed by atoms with van der Waals surface area (Å²) >= 11 is 0. The Hall–Kier alpha value is -2.49. The Morgan fingerprint density at radius 1 is 0.950 bits per heavy atom. The van der Waals surface area contributed by atoms with Gasteiger partial charge in [-0.2, -0.15) is 0 Å². The second-order valence-corrected chi connectivity index (χ2v) is 4.14. The highest BCUT2D eigenvalue weighted by molar-refractivity contribution is 5.91. The fourth-order valence-corrected chi connectivity index (χ4v) is 1.97. The van der Waals surface area contributed by atoms with E-state index in [1.54, 1.807) is 32.4 Å². The summed E-state index contributed by atoms with van der Waals surface area (Å²) in [7, 11) is 4.58. The third-order valence-corrected chi connectivity index (χ3v) is 3.00. The second-order valence-electron chi connectivity index (χ2n) is 4.14. The molecule has 0 heterocycles. The van der Waals surface area contributed by atoms with Gasteiger partial charge in [-0.25, -0.2) is 4.79 Å². The van der Waals surface area contributed by atoms with Gasteiger partial charge in [0.25, 0.3) is 0 Å². The summed E-state index contributed by atoms with van der Waals surface area (Å²) in [5, 5.41) is 0. The summed E-state index contributed by atoms with van der Waals surface area (Å²) in [6.45, 7) is 0. The van der Waals surface area contributed by atoms with Crippen molar-refractivity contribution in [1.29, 1.82) is 0 Å². The topological polar surface area (TPSA) is 44.8 Å². The molecular weight excluding hydrogens is 256 g/mol. The Kier molecular flexibility index (Phi) is 4.25. The molecule has 0 N–H and O–H groups in total. The molecule has 4 heteroatoms. The van der Waals surface area contributed by atoms with Gasteiger partial charge in [-0.1, -0.05) is 12.1 Å². The molecule has 2 aromatic carbocycles. The molecule has 2 aromatic rings. The van der Waals surface area contributed by atoms with Gasteiger partial charge in [0.05, 0.1) is 26.9 Å². The minimum atomic E-state index is -0.367. The highest BCUT2D eigenvalue weighted by Crippen LogP contribution is 2.33. The molecule has 0 atom stereocenters. The third kappa shape index (κ3) is 2.74. The molecule has 0 spiro atoms. The Morgan fingerprint density at radius 2 is 1.75 bits per heavy atom. The lowest BCUT2D eigenvalue weighted by molar-refractivity contribution is 0.0601. The van der Waals surface area contributed by atoms with Crippen LogP contribution in [0.15, 0.2) is 42.5 Å². The minimum absolute atomic E-state index is 0.367. The average Bonchev–Trinajstić information content (AvgIpc) is 2.53. The van der Waals surface area contributed by atoms with Gasteiger partial charge < -0.3 is 14.2 Å². The first-order valence-corrected chi connectivity index (χ1v) is 6.10. The van der Waals surface area contributed by atoms with Crippen LogP contribution in [0.4, 0.5) is 0 Å². The fraction of sp³-hybridized carbons (Fsp3) is 0.188. The van der Waals surface area contributed by atoms with E-state index in [0.717, 1.165) is 16.9 Å². The summed E-state index contributed by atoms with van der Waals surface area (Å²) in [5.41, 5.74) is 2.22. The van der Waals surface area contributed by atoms with E-state index in [4.69, 9.17) is 14.2 Å².